The maximum atomic E-state index is 11.2. The Morgan fingerprint density at radius 2 is 1.53 bits per heavy atom. The summed E-state index contributed by atoms with van der Waals surface area (Å²) in [5.41, 5.74) is 0. The van der Waals surface area contributed by atoms with Crippen LogP contribution in [0, 0.1) is 0 Å². The number of methoxy groups -OCH3 is 1. The van der Waals surface area contributed by atoms with Gasteiger partial charge in [0.15, 0.2) is 0 Å². The summed E-state index contributed by atoms with van der Waals surface area (Å²) in [6.45, 7) is 2.90. The molecule has 0 heterocycles. The van der Waals surface area contributed by atoms with Crippen molar-refractivity contribution in [3.05, 3.63) is 0 Å². The molecule has 0 aromatic rings. The highest BCUT2D eigenvalue weighted by molar-refractivity contribution is 5.68. The zero-order chi connectivity index (χ0) is 11.8. The maximum Gasteiger partial charge on any atom is 0.409 e. The lowest BCUT2D eigenvalue weighted by molar-refractivity contribution is 0.106. The normalized spacial score (nSPS) is 9.33. The second-order valence-corrected chi connectivity index (χ2v) is 3.01. The number of hydrogen-bond donors (Lipinski definition) is 0. The van der Waals surface area contributed by atoms with Gasteiger partial charge >= 0.3 is 12.2 Å². The van der Waals surface area contributed by atoms with Crippen LogP contribution in [0.1, 0.15) is 6.92 Å². The summed E-state index contributed by atoms with van der Waals surface area (Å²) in [5, 5.41) is 0. The smallest absolute Gasteiger partial charge is 0.409 e. The van der Waals surface area contributed by atoms with Gasteiger partial charge in [0.2, 0.25) is 0 Å². The monoisotopic (exact) mass is 218 g/mol. The van der Waals surface area contributed by atoms with E-state index in [2.05, 4.69) is 4.74 Å². The van der Waals surface area contributed by atoms with Crippen LogP contribution in [0.25, 0.3) is 0 Å². The summed E-state index contributed by atoms with van der Waals surface area (Å²) in [6.07, 6.45) is -0.817. The quantitative estimate of drug-likeness (QED) is 0.699. The lowest BCUT2D eigenvalue weighted by Gasteiger charge is -2.20. The van der Waals surface area contributed by atoms with Crippen molar-refractivity contribution in [2.24, 2.45) is 0 Å². The summed E-state index contributed by atoms with van der Waals surface area (Å²) in [7, 11) is 4.53. The van der Waals surface area contributed by atoms with Crippen molar-refractivity contribution < 1.29 is 19.1 Å². The van der Waals surface area contributed by atoms with Gasteiger partial charge in [-0.25, -0.2) is 9.59 Å². The number of amides is 2. The number of likely N-dealkylation sites (N-methyl/N-ethyl adjacent to an activating group) is 2. The van der Waals surface area contributed by atoms with Crippen molar-refractivity contribution in [3.8, 4) is 0 Å². The van der Waals surface area contributed by atoms with Crippen molar-refractivity contribution in [1.82, 2.24) is 9.80 Å². The Balaban J connectivity index is 3.84. The molecule has 0 saturated heterocycles. The number of carbonyl (C=O) groups is 2. The van der Waals surface area contributed by atoms with Crippen LogP contribution in [0.3, 0.4) is 0 Å². The van der Waals surface area contributed by atoms with Crippen LogP contribution in [-0.4, -0.2) is 62.9 Å². The predicted octanol–water partition coefficient (Wildman–Crippen LogP) is 0.773. The number of nitrogens with zero attached hydrogens (tertiary/aromatic N) is 2. The first-order valence-corrected chi connectivity index (χ1v) is 4.69. The Morgan fingerprint density at radius 1 is 1.07 bits per heavy atom. The minimum absolute atomic E-state index is 0.343. The molecule has 0 atom stereocenters. The summed E-state index contributed by atoms with van der Waals surface area (Å²) in [4.78, 5) is 24.9. The van der Waals surface area contributed by atoms with Gasteiger partial charge in [-0.15, -0.1) is 0 Å². The SMILES string of the molecule is CCOC(=O)N(C)CCN(C)C(=O)OC. The summed E-state index contributed by atoms with van der Waals surface area (Å²) in [6, 6.07) is 0. The molecule has 0 saturated carbocycles. The number of hydrogen-bond acceptors (Lipinski definition) is 4. The summed E-state index contributed by atoms with van der Waals surface area (Å²) in [5.74, 6) is 0. The summed E-state index contributed by atoms with van der Waals surface area (Å²) >= 11 is 0. The fourth-order valence-corrected chi connectivity index (χ4v) is 0.872. The molecule has 88 valence electrons. The van der Waals surface area contributed by atoms with E-state index >= 15 is 0 Å². The second kappa shape index (κ2) is 6.92. The maximum absolute atomic E-state index is 11.2. The lowest BCUT2D eigenvalue weighted by Crippen LogP contribution is -2.37. The predicted molar refractivity (Wildman–Crippen MR) is 54.7 cm³/mol. The zero-order valence-electron chi connectivity index (χ0n) is 9.65. The molecule has 0 unspecified atom stereocenters. The average Bonchev–Trinajstić information content (AvgIpc) is 2.24. The van der Waals surface area contributed by atoms with E-state index in [1.165, 1.54) is 16.9 Å². The first kappa shape index (κ1) is 13.5. The molecule has 6 heteroatoms. The third-order valence-corrected chi connectivity index (χ3v) is 1.84. The zero-order valence-corrected chi connectivity index (χ0v) is 9.65. The molecule has 6 nitrogen and oxygen atoms in total. The molecule has 2 amide bonds. The molecule has 0 spiro atoms. The van der Waals surface area contributed by atoms with Crippen molar-refractivity contribution >= 4 is 12.2 Å². The highest BCUT2D eigenvalue weighted by Crippen LogP contribution is 1.93. The molecule has 0 rings (SSSR count). The van der Waals surface area contributed by atoms with Crippen LogP contribution >= 0.6 is 0 Å². The van der Waals surface area contributed by atoms with Crippen LogP contribution in [0.15, 0.2) is 0 Å². The molecule has 0 fully saturated rings. The summed E-state index contributed by atoms with van der Waals surface area (Å²) < 4.78 is 9.28. The van der Waals surface area contributed by atoms with Crippen molar-refractivity contribution in [3.63, 3.8) is 0 Å². The minimum atomic E-state index is -0.424. The van der Waals surface area contributed by atoms with E-state index in [0.29, 0.717) is 19.7 Å². The van der Waals surface area contributed by atoms with Crippen LogP contribution < -0.4 is 0 Å². The highest BCUT2D eigenvalue weighted by Gasteiger charge is 2.12. The van der Waals surface area contributed by atoms with Crippen LogP contribution in [0.5, 0.6) is 0 Å². The fourth-order valence-electron chi connectivity index (χ4n) is 0.872. The van der Waals surface area contributed by atoms with Gasteiger partial charge < -0.3 is 19.3 Å². The minimum Gasteiger partial charge on any atom is -0.453 e. The van der Waals surface area contributed by atoms with Crippen molar-refractivity contribution in [2.75, 3.05) is 40.9 Å². The van der Waals surface area contributed by atoms with Crippen molar-refractivity contribution in [2.45, 2.75) is 6.92 Å². The van der Waals surface area contributed by atoms with Gasteiger partial charge in [0.1, 0.15) is 0 Å². The molecule has 0 N–H and O–H groups in total. The molecule has 15 heavy (non-hydrogen) atoms. The van der Waals surface area contributed by atoms with Crippen LogP contribution in [0.4, 0.5) is 9.59 Å². The van der Waals surface area contributed by atoms with Crippen LogP contribution in [-0.2, 0) is 9.47 Å². The fraction of sp³-hybridized carbons (Fsp3) is 0.778. The van der Waals surface area contributed by atoms with Crippen molar-refractivity contribution in [1.29, 1.82) is 0 Å². The van der Waals surface area contributed by atoms with Gasteiger partial charge in [-0.2, -0.15) is 0 Å². The number of carbonyl (C=O) groups excluding carboxylic acids is 2. The van der Waals surface area contributed by atoms with E-state index in [0.717, 1.165) is 0 Å². The molecule has 0 aliphatic carbocycles. The number of rotatable bonds is 4. The molecular formula is C9H18N2O4. The molecule has 0 aliphatic heterocycles. The Kier molecular flexibility index (Phi) is 6.24. The molecule has 0 aromatic heterocycles. The topological polar surface area (TPSA) is 59.1 Å². The van der Waals surface area contributed by atoms with E-state index in [1.807, 2.05) is 0 Å². The highest BCUT2D eigenvalue weighted by atomic mass is 16.6. The standard InChI is InChI=1S/C9H18N2O4/c1-5-15-9(13)11(3)7-6-10(2)8(12)14-4/h5-7H2,1-4H3. The van der Waals surface area contributed by atoms with E-state index in [4.69, 9.17) is 4.74 Å². The first-order chi connectivity index (χ1) is 7.02. The third kappa shape index (κ3) is 5.09. The number of ether oxygens (including phenoxy) is 2. The molecule has 0 aromatic carbocycles. The third-order valence-electron chi connectivity index (χ3n) is 1.84. The first-order valence-electron chi connectivity index (χ1n) is 4.69. The van der Waals surface area contributed by atoms with E-state index in [9.17, 15) is 9.59 Å². The lowest BCUT2D eigenvalue weighted by atomic mass is 10.5. The van der Waals surface area contributed by atoms with Gasteiger partial charge in [-0.1, -0.05) is 0 Å². The van der Waals surface area contributed by atoms with E-state index in [-0.39, 0.29) is 0 Å². The van der Waals surface area contributed by atoms with Crippen LogP contribution in [0.2, 0.25) is 0 Å². The van der Waals surface area contributed by atoms with Gasteiger partial charge in [-0.05, 0) is 6.92 Å². The Hall–Kier alpha value is -1.46. The second-order valence-electron chi connectivity index (χ2n) is 3.01. The van der Waals surface area contributed by atoms with Gasteiger partial charge in [0.05, 0.1) is 13.7 Å². The molecule has 0 bridgehead atoms. The Bertz CT molecular complexity index is 220. The molecule has 0 aliphatic rings. The molecular weight excluding hydrogens is 200 g/mol. The Labute approximate surface area is 89.7 Å². The van der Waals surface area contributed by atoms with Gasteiger partial charge in [0, 0.05) is 27.2 Å². The Morgan fingerprint density at radius 3 is 1.93 bits per heavy atom. The van der Waals surface area contributed by atoms with Gasteiger partial charge in [-0.3, -0.25) is 0 Å². The average molecular weight is 218 g/mol. The molecule has 0 radical (unpaired) electrons. The largest absolute Gasteiger partial charge is 0.453 e. The van der Waals surface area contributed by atoms with E-state index < -0.39 is 12.2 Å². The van der Waals surface area contributed by atoms with Gasteiger partial charge in [0.25, 0.3) is 0 Å². The van der Waals surface area contributed by atoms with E-state index in [1.54, 1.807) is 21.0 Å².